The number of nitrogens with one attached hydrogen (secondary N) is 1. The lowest BCUT2D eigenvalue weighted by Gasteiger charge is -2.14. The molecule has 0 bridgehead atoms. The van der Waals surface area contributed by atoms with Crippen LogP contribution in [0.15, 0.2) is 40.9 Å². The molecule has 2 rings (SSSR count). The Morgan fingerprint density at radius 3 is 2.71 bits per heavy atom. The van der Waals surface area contributed by atoms with E-state index in [0.29, 0.717) is 11.5 Å². The number of amides is 1. The van der Waals surface area contributed by atoms with Crippen molar-refractivity contribution in [3.8, 4) is 11.3 Å². The van der Waals surface area contributed by atoms with E-state index in [9.17, 15) is 9.90 Å². The van der Waals surface area contributed by atoms with Gasteiger partial charge in [0.2, 0.25) is 5.91 Å². The molecule has 1 amide bonds. The van der Waals surface area contributed by atoms with Crippen LogP contribution in [0.25, 0.3) is 11.3 Å². The lowest BCUT2D eigenvalue weighted by Crippen LogP contribution is -2.35. The standard InChI is InChI=1S/C16H20N2O3/c1-11(2)14(19)10-17-16(20)9-13-8-15(21-18-13)12-6-4-3-5-7-12/h3-8,11,14,19H,9-10H2,1-2H3,(H,17,20). The van der Waals surface area contributed by atoms with Crippen LogP contribution in [0.4, 0.5) is 0 Å². The van der Waals surface area contributed by atoms with Crippen LogP contribution in [0.2, 0.25) is 0 Å². The third-order valence-corrected chi connectivity index (χ3v) is 3.24. The molecule has 2 aromatic rings. The number of carbonyl (C=O) groups is 1. The number of aliphatic hydroxyl groups is 1. The summed E-state index contributed by atoms with van der Waals surface area (Å²) in [6, 6.07) is 11.4. The van der Waals surface area contributed by atoms with E-state index in [2.05, 4.69) is 10.5 Å². The minimum absolute atomic E-state index is 0.113. The predicted molar refractivity (Wildman–Crippen MR) is 79.5 cm³/mol. The molecule has 0 aliphatic carbocycles. The van der Waals surface area contributed by atoms with E-state index in [0.717, 1.165) is 5.56 Å². The van der Waals surface area contributed by atoms with Crippen molar-refractivity contribution in [1.29, 1.82) is 0 Å². The van der Waals surface area contributed by atoms with E-state index in [1.807, 2.05) is 44.2 Å². The first-order valence-corrected chi connectivity index (χ1v) is 7.02. The number of hydrogen-bond acceptors (Lipinski definition) is 4. The van der Waals surface area contributed by atoms with Crippen LogP contribution in [-0.2, 0) is 11.2 Å². The summed E-state index contributed by atoms with van der Waals surface area (Å²) in [6.45, 7) is 4.06. The Morgan fingerprint density at radius 2 is 2.05 bits per heavy atom. The van der Waals surface area contributed by atoms with Crippen molar-refractivity contribution < 1.29 is 14.4 Å². The highest BCUT2D eigenvalue weighted by Gasteiger charge is 2.13. The maximum atomic E-state index is 11.8. The van der Waals surface area contributed by atoms with Gasteiger partial charge in [0.15, 0.2) is 5.76 Å². The van der Waals surface area contributed by atoms with Gasteiger partial charge in [0, 0.05) is 18.2 Å². The highest BCUT2D eigenvalue weighted by Crippen LogP contribution is 2.19. The first-order valence-electron chi connectivity index (χ1n) is 7.02. The molecule has 0 radical (unpaired) electrons. The Labute approximate surface area is 124 Å². The van der Waals surface area contributed by atoms with Crippen LogP contribution in [0, 0.1) is 5.92 Å². The van der Waals surface area contributed by atoms with Crippen LogP contribution in [0.5, 0.6) is 0 Å². The molecule has 2 N–H and O–H groups in total. The Bertz CT molecular complexity index is 578. The van der Waals surface area contributed by atoms with Crippen molar-refractivity contribution in [2.75, 3.05) is 6.54 Å². The molecule has 5 nitrogen and oxygen atoms in total. The number of carbonyl (C=O) groups excluding carboxylic acids is 1. The summed E-state index contributed by atoms with van der Waals surface area (Å²) < 4.78 is 5.24. The van der Waals surface area contributed by atoms with Gasteiger partial charge in [0.1, 0.15) is 0 Å². The maximum Gasteiger partial charge on any atom is 0.226 e. The SMILES string of the molecule is CC(C)C(O)CNC(=O)Cc1cc(-c2ccccc2)on1. The highest BCUT2D eigenvalue weighted by molar-refractivity contribution is 5.78. The van der Waals surface area contributed by atoms with E-state index in [4.69, 9.17) is 4.52 Å². The summed E-state index contributed by atoms with van der Waals surface area (Å²) in [6.07, 6.45) is -0.396. The second-order valence-electron chi connectivity index (χ2n) is 5.34. The van der Waals surface area contributed by atoms with E-state index >= 15 is 0 Å². The summed E-state index contributed by atoms with van der Waals surface area (Å²) in [5, 5.41) is 16.2. The molecule has 112 valence electrons. The zero-order valence-electron chi connectivity index (χ0n) is 12.2. The third-order valence-electron chi connectivity index (χ3n) is 3.24. The molecule has 1 aromatic carbocycles. The molecule has 0 aliphatic heterocycles. The van der Waals surface area contributed by atoms with Crippen LogP contribution >= 0.6 is 0 Å². The van der Waals surface area contributed by atoms with E-state index in [1.165, 1.54) is 0 Å². The molecule has 1 aromatic heterocycles. The van der Waals surface area contributed by atoms with Gasteiger partial charge in [-0.3, -0.25) is 4.79 Å². The Hall–Kier alpha value is -2.14. The average Bonchev–Trinajstić information content (AvgIpc) is 2.94. The number of aromatic nitrogens is 1. The van der Waals surface area contributed by atoms with Gasteiger partial charge in [0.05, 0.1) is 18.2 Å². The van der Waals surface area contributed by atoms with Gasteiger partial charge in [-0.25, -0.2) is 0 Å². The quantitative estimate of drug-likeness (QED) is 0.852. The number of nitrogens with zero attached hydrogens (tertiary/aromatic N) is 1. The minimum atomic E-state index is -0.536. The average molecular weight is 288 g/mol. The fraction of sp³-hybridized carbons (Fsp3) is 0.375. The smallest absolute Gasteiger partial charge is 0.226 e. The van der Waals surface area contributed by atoms with Crippen molar-refractivity contribution in [3.63, 3.8) is 0 Å². The third kappa shape index (κ3) is 4.43. The topological polar surface area (TPSA) is 75.4 Å². The van der Waals surface area contributed by atoms with Crippen molar-refractivity contribution in [2.45, 2.75) is 26.4 Å². The number of aliphatic hydroxyl groups excluding tert-OH is 1. The Balaban J connectivity index is 1.89. The van der Waals surface area contributed by atoms with Crippen LogP contribution in [0.3, 0.4) is 0 Å². The summed E-state index contributed by atoms with van der Waals surface area (Å²) in [4.78, 5) is 11.8. The zero-order chi connectivity index (χ0) is 15.2. The summed E-state index contributed by atoms with van der Waals surface area (Å²) in [7, 11) is 0. The molecule has 5 heteroatoms. The van der Waals surface area contributed by atoms with Crippen molar-refractivity contribution in [1.82, 2.24) is 10.5 Å². The lowest BCUT2D eigenvalue weighted by molar-refractivity contribution is -0.121. The molecule has 0 saturated carbocycles. The monoisotopic (exact) mass is 288 g/mol. The zero-order valence-corrected chi connectivity index (χ0v) is 12.2. The highest BCUT2D eigenvalue weighted by atomic mass is 16.5. The lowest BCUT2D eigenvalue weighted by atomic mass is 10.1. The Kier molecular flexibility index (Phi) is 5.11. The van der Waals surface area contributed by atoms with Gasteiger partial charge in [-0.15, -0.1) is 0 Å². The molecular weight excluding hydrogens is 268 g/mol. The molecule has 21 heavy (non-hydrogen) atoms. The van der Waals surface area contributed by atoms with E-state index in [1.54, 1.807) is 6.07 Å². The second kappa shape index (κ2) is 7.04. The largest absolute Gasteiger partial charge is 0.391 e. The fourth-order valence-corrected chi connectivity index (χ4v) is 1.81. The molecule has 0 spiro atoms. The van der Waals surface area contributed by atoms with Gasteiger partial charge in [-0.1, -0.05) is 49.3 Å². The van der Waals surface area contributed by atoms with Crippen molar-refractivity contribution in [3.05, 3.63) is 42.1 Å². The van der Waals surface area contributed by atoms with Gasteiger partial charge in [-0.2, -0.15) is 0 Å². The van der Waals surface area contributed by atoms with Crippen molar-refractivity contribution >= 4 is 5.91 Å². The summed E-state index contributed by atoms with van der Waals surface area (Å²) in [5.41, 5.74) is 1.50. The summed E-state index contributed by atoms with van der Waals surface area (Å²) in [5.74, 6) is 0.574. The second-order valence-corrected chi connectivity index (χ2v) is 5.34. The van der Waals surface area contributed by atoms with Gasteiger partial charge < -0.3 is 14.9 Å². The van der Waals surface area contributed by atoms with E-state index < -0.39 is 6.10 Å². The van der Waals surface area contributed by atoms with Gasteiger partial charge in [0.25, 0.3) is 0 Å². The molecule has 0 fully saturated rings. The van der Waals surface area contributed by atoms with Crippen LogP contribution < -0.4 is 5.32 Å². The normalized spacial score (nSPS) is 12.4. The molecule has 0 aliphatic rings. The number of hydrogen-bond donors (Lipinski definition) is 2. The van der Waals surface area contributed by atoms with E-state index in [-0.39, 0.29) is 24.8 Å². The maximum absolute atomic E-state index is 11.8. The fourth-order valence-electron chi connectivity index (χ4n) is 1.81. The molecule has 0 saturated heterocycles. The van der Waals surface area contributed by atoms with Gasteiger partial charge in [-0.05, 0) is 5.92 Å². The van der Waals surface area contributed by atoms with Gasteiger partial charge >= 0.3 is 0 Å². The molecule has 1 heterocycles. The molecule has 1 unspecified atom stereocenters. The minimum Gasteiger partial charge on any atom is -0.391 e. The molecular formula is C16H20N2O3. The van der Waals surface area contributed by atoms with Crippen LogP contribution in [-0.4, -0.2) is 28.8 Å². The summed E-state index contributed by atoms with van der Waals surface area (Å²) >= 11 is 0. The number of rotatable bonds is 6. The van der Waals surface area contributed by atoms with Crippen molar-refractivity contribution in [2.24, 2.45) is 5.92 Å². The van der Waals surface area contributed by atoms with Crippen LogP contribution in [0.1, 0.15) is 19.5 Å². The Morgan fingerprint density at radius 1 is 1.33 bits per heavy atom. The molecule has 1 atom stereocenters. The predicted octanol–water partition coefficient (Wildman–Crippen LogP) is 2.02. The number of benzene rings is 1. The first-order chi connectivity index (χ1) is 10.1. The first kappa shape index (κ1) is 15.3.